The van der Waals surface area contributed by atoms with Crippen molar-refractivity contribution in [3.8, 4) is 5.75 Å². The number of aromatic nitrogens is 2. The highest BCUT2D eigenvalue weighted by Gasteiger charge is 2.35. The molecule has 0 spiro atoms. The molecule has 0 radical (unpaired) electrons. The Kier molecular flexibility index (Phi) is 5.74. The fourth-order valence-electron chi connectivity index (χ4n) is 4.51. The molecule has 2 aliphatic rings. The van der Waals surface area contributed by atoms with Crippen molar-refractivity contribution in [1.29, 1.82) is 0 Å². The van der Waals surface area contributed by atoms with Gasteiger partial charge in [-0.25, -0.2) is 4.98 Å². The predicted octanol–water partition coefficient (Wildman–Crippen LogP) is 2.94. The highest BCUT2D eigenvalue weighted by atomic mass is 16.5. The van der Waals surface area contributed by atoms with Crippen molar-refractivity contribution in [2.45, 2.75) is 38.1 Å². The second-order valence-electron chi connectivity index (χ2n) is 7.67. The Morgan fingerprint density at radius 2 is 1.96 bits per heavy atom. The number of nitrogens with zero attached hydrogens (tertiary/aromatic N) is 4. The number of benzene rings is 1. The normalized spacial score (nSPS) is 20.4. The van der Waals surface area contributed by atoms with Gasteiger partial charge in [-0.05, 0) is 43.7 Å². The van der Waals surface area contributed by atoms with Gasteiger partial charge in [-0.2, -0.15) is 0 Å². The summed E-state index contributed by atoms with van der Waals surface area (Å²) >= 11 is 0. The summed E-state index contributed by atoms with van der Waals surface area (Å²) in [5, 5.41) is 0. The van der Waals surface area contributed by atoms with E-state index in [0.717, 1.165) is 63.3 Å². The lowest BCUT2D eigenvalue weighted by molar-refractivity contribution is -0.137. The molecule has 0 saturated carbocycles. The van der Waals surface area contributed by atoms with Crippen LogP contribution in [-0.4, -0.2) is 53.6 Å². The van der Waals surface area contributed by atoms with Crippen molar-refractivity contribution in [3.63, 3.8) is 0 Å². The van der Waals surface area contributed by atoms with Crippen molar-refractivity contribution in [3.05, 3.63) is 48.4 Å². The largest absolute Gasteiger partial charge is 0.496 e. The third-order valence-corrected chi connectivity index (χ3v) is 6.03. The Balaban J connectivity index is 1.37. The van der Waals surface area contributed by atoms with Gasteiger partial charge in [0.05, 0.1) is 13.3 Å². The van der Waals surface area contributed by atoms with Gasteiger partial charge in [-0.15, -0.1) is 0 Å². The number of rotatable bonds is 5. The van der Waals surface area contributed by atoms with E-state index in [-0.39, 0.29) is 12.0 Å². The van der Waals surface area contributed by atoms with E-state index in [0.29, 0.717) is 5.91 Å². The molecule has 3 heterocycles. The number of carbonyl (C=O) groups excluding carboxylic acids is 1. The summed E-state index contributed by atoms with van der Waals surface area (Å²) in [4.78, 5) is 26.1. The van der Waals surface area contributed by atoms with E-state index in [2.05, 4.69) is 25.8 Å². The van der Waals surface area contributed by atoms with Crippen LogP contribution in [0.15, 0.2) is 42.9 Å². The molecule has 28 heavy (non-hydrogen) atoms. The number of piperidine rings is 1. The van der Waals surface area contributed by atoms with Crippen LogP contribution >= 0.6 is 0 Å². The zero-order valence-corrected chi connectivity index (χ0v) is 16.5. The van der Waals surface area contributed by atoms with Gasteiger partial charge in [0.1, 0.15) is 11.6 Å². The molecule has 1 aromatic carbocycles. The smallest absolute Gasteiger partial charge is 0.226 e. The van der Waals surface area contributed by atoms with Gasteiger partial charge < -0.3 is 14.5 Å². The van der Waals surface area contributed by atoms with Crippen LogP contribution in [0.3, 0.4) is 0 Å². The number of likely N-dealkylation sites (tertiary alicyclic amines) is 1. The SMILES string of the molecule is COc1ccccc1CC1CCCN1C(=O)C1CCN(c2cnccn2)CC1. The third-order valence-electron chi connectivity index (χ3n) is 6.03. The number of para-hydroxylation sites is 1. The van der Waals surface area contributed by atoms with Crippen LogP contribution in [0.25, 0.3) is 0 Å². The second-order valence-corrected chi connectivity index (χ2v) is 7.67. The van der Waals surface area contributed by atoms with E-state index in [4.69, 9.17) is 4.74 Å². The lowest BCUT2D eigenvalue weighted by atomic mass is 9.94. The summed E-state index contributed by atoms with van der Waals surface area (Å²) in [6.45, 7) is 2.60. The molecule has 1 aromatic heterocycles. The van der Waals surface area contributed by atoms with Crippen molar-refractivity contribution in [2.75, 3.05) is 31.6 Å². The molecule has 0 N–H and O–H groups in total. The first-order chi connectivity index (χ1) is 13.8. The summed E-state index contributed by atoms with van der Waals surface area (Å²) in [5.41, 5.74) is 1.19. The molecule has 148 valence electrons. The Bertz CT molecular complexity index is 790. The molecular weight excluding hydrogens is 352 g/mol. The van der Waals surface area contributed by atoms with E-state index < -0.39 is 0 Å². The summed E-state index contributed by atoms with van der Waals surface area (Å²) in [6, 6.07) is 8.42. The molecule has 2 saturated heterocycles. The van der Waals surface area contributed by atoms with Crippen molar-refractivity contribution >= 4 is 11.7 Å². The topological polar surface area (TPSA) is 58.6 Å². The lowest BCUT2D eigenvalue weighted by Gasteiger charge is -2.35. The zero-order valence-electron chi connectivity index (χ0n) is 16.5. The molecule has 0 aliphatic carbocycles. The first-order valence-electron chi connectivity index (χ1n) is 10.2. The number of carbonyl (C=O) groups is 1. The Morgan fingerprint density at radius 1 is 1.14 bits per heavy atom. The second kappa shape index (κ2) is 8.59. The number of hydrogen-bond donors (Lipinski definition) is 0. The predicted molar refractivity (Wildman–Crippen MR) is 108 cm³/mol. The molecule has 1 unspecified atom stereocenters. The molecule has 6 nitrogen and oxygen atoms in total. The zero-order chi connectivity index (χ0) is 19.3. The van der Waals surface area contributed by atoms with Crippen LogP contribution in [0, 0.1) is 5.92 Å². The number of anilines is 1. The molecule has 2 aliphatic heterocycles. The average molecular weight is 380 g/mol. The molecule has 0 bridgehead atoms. The first-order valence-corrected chi connectivity index (χ1v) is 10.2. The van der Waals surface area contributed by atoms with Gasteiger partial charge in [-0.1, -0.05) is 18.2 Å². The molecule has 1 amide bonds. The summed E-state index contributed by atoms with van der Waals surface area (Å²) in [7, 11) is 1.71. The van der Waals surface area contributed by atoms with Gasteiger partial charge >= 0.3 is 0 Å². The monoisotopic (exact) mass is 380 g/mol. The fourth-order valence-corrected chi connectivity index (χ4v) is 4.51. The highest BCUT2D eigenvalue weighted by molar-refractivity contribution is 5.80. The highest BCUT2D eigenvalue weighted by Crippen LogP contribution is 2.30. The van der Waals surface area contributed by atoms with Crippen LogP contribution in [0.1, 0.15) is 31.2 Å². The van der Waals surface area contributed by atoms with Gasteiger partial charge in [0.15, 0.2) is 0 Å². The third kappa shape index (κ3) is 3.96. The van der Waals surface area contributed by atoms with E-state index in [1.54, 1.807) is 25.7 Å². The van der Waals surface area contributed by atoms with Gasteiger partial charge in [0.25, 0.3) is 0 Å². The molecule has 2 aromatic rings. The molecule has 4 rings (SSSR count). The summed E-state index contributed by atoms with van der Waals surface area (Å²) in [6.07, 6.45) is 10.0. The fraction of sp³-hybridized carbons (Fsp3) is 0.500. The lowest BCUT2D eigenvalue weighted by Crippen LogP contribution is -2.45. The number of hydrogen-bond acceptors (Lipinski definition) is 5. The first kappa shape index (κ1) is 18.7. The van der Waals surface area contributed by atoms with Gasteiger partial charge in [0, 0.05) is 44.0 Å². The van der Waals surface area contributed by atoms with Crippen LogP contribution < -0.4 is 9.64 Å². The summed E-state index contributed by atoms with van der Waals surface area (Å²) in [5.74, 6) is 2.27. The molecule has 2 fully saturated rings. The van der Waals surface area contributed by atoms with Crippen molar-refractivity contribution < 1.29 is 9.53 Å². The van der Waals surface area contributed by atoms with Crippen LogP contribution in [-0.2, 0) is 11.2 Å². The maximum absolute atomic E-state index is 13.2. The Labute approximate surface area is 166 Å². The minimum atomic E-state index is 0.117. The quantitative estimate of drug-likeness (QED) is 0.798. The van der Waals surface area contributed by atoms with Crippen LogP contribution in [0.2, 0.25) is 0 Å². The summed E-state index contributed by atoms with van der Waals surface area (Å²) < 4.78 is 5.50. The van der Waals surface area contributed by atoms with Crippen molar-refractivity contribution in [1.82, 2.24) is 14.9 Å². The molecule has 6 heteroatoms. The number of amides is 1. The molecular formula is C22H28N4O2. The van der Waals surface area contributed by atoms with Gasteiger partial charge in [-0.3, -0.25) is 9.78 Å². The average Bonchev–Trinajstić information content (AvgIpc) is 3.22. The van der Waals surface area contributed by atoms with E-state index in [9.17, 15) is 4.79 Å². The van der Waals surface area contributed by atoms with Crippen LogP contribution in [0.5, 0.6) is 5.75 Å². The van der Waals surface area contributed by atoms with E-state index in [1.165, 1.54) is 5.56 Å². The van der Waals surface area contributed by atoms with Gasteiger partial charge in [0.2, 0.25) is 5.91 Å². The minimum absolute atomic E-state index is 0.117. The van der Waals surface area contributed by atoms with E-state index >= 15 is 0 Å². The van der Waals surface area contributed by atoms with Crippen LogP contribution in [0.4, 0.5) is 5.82 Å². The maximum Gasteiger partial charge on any atom is 0.226 e. The number of methoxy groups -OCH3 is 1. The number of ether oxygens (including phenoxy) is 1. The Hall–Kier alpha value is -2.63. The maximum atomic E-state index is 13.2. The minimum Gasteiger partial charge on any atom is -0.496 e. The van der Waals surface area contributed by atoms with E-state index in [1.807, 2.05) is 18.2 Å². The molecule has 1 atom stereocenters. The van der Waals surface area contributed by atoms with Crippen molar-refractivity contribution in [2.24, 2.45) is 5.92 Å². The Morgan fingerprint density at radius 3 is 2.71 bits per heavy atom. The standard InChI is InChI=1S/C22H28N4O2/c1-28-20-7-3-2-5-18(20)15-19-6-4-12-26(19)22(27)17-8-13-25(14-9-17)21-16-23-10-11-24-21/h2-3,5,7,10-11,16-17,19H,4,6,8-9,12-15H2,1H3.